The normalized spacial score (nSPS) is 45.3. The van der Waals surface area contributed by atoms with Gasteiger partial charge in [-0.15, -0.1) is 0 Å². The lowest BCUT2D eigenvalue weighted by Gasteiger charge is -2.50. The van der Waals surface area contributed by atoms with Crippen molar-refractivity contribution >= 4 is 0 Å². The minimum atomic E-state index is 0.406. The van der Waals surface area contributed by atoms with Crippen molar-refractivity contribution in [1.82, 2.24) is 4.90 Å². The maximum atomic E-state index is 6.32. The Morgan fingerprint density at radius 2 is 1.80 bits per heavy atom. The van der Waals surface area contributed by atoms with Gasteiger partial charge in [0.2, 0.25) is 0 Å². The fourth-order valence-electron chi connectivity index (χ4n) is 5.33. The topological polar surface area (TPSA) is 29.3 Å². The van der Waals surface area contributed by atoms with E-state index in [0.29, 0.717) is 17.4 Å². The van der Waals surface area contributed by atoms with Gasteiger partial charge >= 0.3 is 0 Å². The van der Waals surface area contributed by atoms with E-state index in [1.54, 1.807) is 0 Å². The summed E-state index contributed by atoms with van der Waals surface area (Å²) in [6.07, 6.45) is 9.94. The van der Waals surface area contributed by atoms with E-state index in [-0.39, 0.29) is 0 Å². The lowest BCUT2D eigenvalue weighted by molar-refractivity contribution is 0.00357. The van der Waals surface area contributed by atoms with Gasteiger partial charge in [-0.3, -0.25) is 4.90 Å². The van der Waals surface area contributed by atoms with Crippen molar-refractivity contribution in [3.05, 3.63) is 0 Å². The first-order valence-electron chi connectivity index (χ1n) is 8.99. The van der Waals surface area contributed by atoms with E-state index in [1.165, 1.54) is 58.0 Å². The summed E-state index contributed by atoms with van der Waals surface area (Å²) in [5.41, 5.74) is 6.73. The molecule has 1 heterocycles. The molecule has 0 amide bonds. The lowest BCUT2D eigenvalue weighted by Crippen LogP contribution is -2.52. The van der Waals surface area contributed by atoms with Crippen molar-refractivity contribution in [3.63, 3.8) is 0 Å². The summed E-state index contributed by atoms with van der Waals surface area (Å²) in [6.45, 7) is 10.0. The van der Waals surface area contributed by atoms with Crippen LogP contribution in [0.15, 0.2) is 0 Å². The van der Waals surface area contributed by atoms with Crippen molar-refractivity contribution in [1.29, 1.82) is 0 Å². The van der Waals surface area contributed by atoms with Crippen LogP contribution < -0.4 is 5.73 Å². The van der Waals surface area contributed by atoms with Gasteiger partial charge in [-0.05, 0) is 68.2 Å². The predicted molar refractivity (Wildman–Crippen MR) is 85.6 cm³/mol. The molecule has 3 aliphatic rings. The first-order valence-corrected chi connectivity index (χ1v) is 8.99. The molecule has 2 N–H and O–H groups in total. The van der Waals surface area contributed by atoms with Crippen LogP contribution in [0.2, 0.25) is 0 Å². The number of nitrogens with zero attached hydrogens (tertiary/aromatic N) is 1. The number of piperidine rings is 1. The van der Waals surface area contributed by atoms with Gasteiger partial charge in [-0.25, -0.2) is 0 Å². The van der Waals surface area contributed by atoms with Gasteiger partial charge in [0.1, 0.15) is 0 Å². The van der Waals surface area contributed by atoms with Gasteiger partial charge in [0, 0.05) is 18.6 Å². The van der Waals surface area contributed by atoms with Crippen molar-refractivity contribution in [2.24, 2.45) is 28.9 Å². The molecular weight excluding hydrogens is 244 g/mol. The zero-order valence-corrected chi connectivity index (χ0v) is 13.8. The maximum absolute atomic E-state index is 6.32. The number of hydrogen-bond acceptors (Lipinski definition) is 2. The second-order valence-corrected chi connectivity index (χ2v) is 8.44. The van der Waals surface area contributed by atoms with Gasteiger partial charge in [-0.1, -0.05) is 27.2 Å². The van der Waals surface area contributed by atoms with Crippen LogP contribution in [0.3, 0.4) is 0 Å². The van der Waals surface area contributed by atoms with E-state index in [9.17, 15) is 0 Å². The molecule has 5 unspecified atom stereocenters. The van der Waals surface area contributed by atoms with Crippen LogP contribution in [0.25, 0.3) is 0 Å². The second kappa shape index (κ2) is 5.61. The molecule has 2 heteroatoms. The molecule has 3 rings (SSSR count). The van der Waals surface area contributed by atoms with Gasteiger partial charge in [-0.2, -0.15) is 0 Å². The fraction of sp³-hybridized carbons (Fsp3) is 1.00. The highest BCUT2D eigenvalue weighted by Crippen LogP contribution is 2.46. The van der Waals surface area contributed by atoms with Crippen LogP contribution in [0.1, 0.15) is 65.7 Å². The van der Waals surface area contributed by atoms with E-state index in [4.69, 9.17) is 5.73 Å². The minimum Gasteiger partial charge on any atom is -0.327 e. The summed E-state index contributed by atoms with van der Waals surface area (Å²) in [6, 6.07) is 1.34. The Hall–Kier alpha value is -0.0800. The van der Waals surface area contributed by atoms with Crippen LogP contribution in [-0.4, -0.2) is 30.1 Å². The molecule has 116 valence electrons. The van der Waals surface area contributed by atoms with Gasteiger partial charge < -0.3 is 5.73 Å². The number of rotatable bonds is 2. The lowest BCUT2D eigenvalue weighted by atomic mass is 9.61. The summed E-state index contributed by atoms with van der Waals surface area (Å²) in [5.74, 6) is 2.53. The molecule has 0 aromatic rings. The molecule has 1 saturated heterocycles. The number of likely N-dealkylation sites (tertiary alicyclic amines) is 1. The zero-order valence-electron chi connectivity index (χ0n) is 13.8. The molecule has 3 fully saturated rings. The monoisotopic (exact) mass is 278 g/mol. The number of nitrogens with two attached hydrogens (primary N) is 1. The molecule has 5 atom stereocenters. The van der Waals surface area contributed by atoms with Crippen molar-refractivity contribution in [2.45, 2.75) is 77.8 Å². The van der Waals surface area contributed by atoms with E-state index < -0.39 is 0 Å². The van der Waals surface area contributed by atoms with Crippen LogP contribution in [-0.2, 0) is 0 Å². The molecule has 0 radical (unpaired) electrons. The third kappa shape index (κ3) is 2.54. The first-order chi connectivity index (χ1) is 9.50. The van der Waals surface area contributed by atoms with Gasteiger partial charge in [0.25, 0.3) is 0 Å². The molecule has 2 saturated carbocycles. The number of hydrogen-bond donors (Lipinski definition) is 1. The first kappa shape index (κ1) is 14.8. The average molecular weight is 278 g/mol. The van der Waals surface area contributed by atoms with Crippen LogP contribution >= 0.6 is 0 Å². The molecule has 1 aliphatic heterocycles. The molecule has 0 bridgehead atoms. The Labute approximate surface area is 125 Å². The molecular formula is C18H34N2. The largest absolute Gasteiger partial charge is 0.327 e. The summed E-state index contributed by atoms with van der Waals surface area (Å²) in [4.78, 5) is 2.87. The fourth-order valence-corrected chi connectivity index (χ4v) is 5.33. The van der Waals surface area contributed by atoms with Crippen LogP contribution in [0, 0.1) is 23.2 Å². The zero-order chi connectivity index (χ0) is 14.3. The Morgan fingerprint density at radius 3 is 2.60 bits per heavy atom. The Kier molecular flexibility index (Phi) is 4.16. The van der Waals surface area contributed by atoms with Gasteiger partial charge in [0.05, 0.1) is 0 Å². The van der Waals surface area contributed by atoms with E-state index in [1.807, 2.05) is 0 Å². The SMILES string of the molecule is CC1C(N)CCC(CN2CCCC3CCCC32)C1(C)C. The summed E-state index contributed by atoms with van der Waals surface area (Å²) in [5, 5.41) is 0. The smallest absolute Gasteiger partial charge is 0.0124 e. The molecule has 2 aliphatic carbocycles. The van der Waals surface area contributed by atoms with Crippen molar-refractivity contribution < 1.29 is 0 Å². The highest BCUT2D eigenvalue weighted by atomic mass is 15.2. The average Bonchev–Trinajstić information content (AvgIpc) is 2.89. The van der Waals surface area contributed by atoms with Crippen LogP contribution in [0.4, 0.5) is 0 Å². The summed E-state index contributed by atoms with van der Waals surface area (Å²) in [7, 11) is 0. The van der Waals surface area contributed by atoms with Crippen LogP contribution in [0.5, 0.6) is 0 Å². The summed E-state index contributed by atoms with van der Waals surface area (Å²) >= 11 is 0. The Morgan fingerprint density at radius 1 is 1.05 bits per heavy atom. The Bertz CT molecular complexity index is 338. The van der Waals surface area contributed by atoms with Crippen molar-refractivity contribution in [2.75, 3.05) is 13.1 Å². The third-order valence-electron chi connectivity index (χ3n) is 7.28. The van der Waals surface area contributed by atoms with E-state index >= 15 is 0 Å². The predicted octanol–water partition coefficient (Wildman–Crippen LogP) is 3.65. The highest BCUT2D eigenvalue weighted by molar-refractivity contribution is 4.97. The van der Waals surface area contributed by atoms with Gasteiger partial charge in [0.15, 0.2) is 0 Å². The quantitative estimate of drug-likeness (QED) is 0.835. The molecule has 2 nitrogen and oxygen atoms in total. The minimum absolute atomic E-state index is 0.406. The molecule has 0 spiro atoms. The molecule has 20 heavy (non-hydrogen) atoms. The maximum Gasteiger partial charge on any atom is 0.0124 e. The Balaban J connectivity index is 1.67. The standard InChI is InChI=1S/C18H34N2/c1-13-16(19)10-9-15(18(13,2)3)12-20-11-5-7-14-6-4-8-17(14)20/h13-17H,4-12,19H2,1-3H3. The molecule has 0 aromatic heterocycles. The van der Waals surface area contributed by atoms with Crippen molar-refractivity contribution in [3.8, 4) is 0 Å². The van der Waals surface area contributed by atoms with E-state index in [2.05, 4.69) is 25.7 Å². The molecule has 0 aromatic carbocycles. The number of fused-ring (bicyclic) bond motifs is 1. The summed E-state index contributed by atoms with van der Waals surface area (Å²) < 4.78 is 0. The second-order valence-electron chi connectivity index (χ2n) is 8.44. The third-order valence-corrected chi connectivity index (χ3v) is 7.28. The highest BCUT2D eigenvalue weighted by Gasteiger charge is 2.44. The van der Waals surface area contributed by atoms with E-state index in [0.717, 1.165) is 17.9 Å².